The van der Waals surface area contributed by atoms with Crippen LogP contribution in [0.2, 0.25) is 0 Å². The smallest absolute Gasteiger partial charge is 0.268 e. The molecular formula is C12H19ClN2O4S. The van der Waals surface area contributed by atoms with Gasteiger partial charge in [-0.25, -0.2) is 8.42 Å². The number of aromatic nitrogens is 1. The molecule has 1 amide bonds. The average molecular weight is 323 g/mol. The van der Waals surface area contributed by atoms with E-state index in [-0.39, 0.29) is 22.5 Å². The van der Waals surface area contributed by atoms with Crippen molar-refractivity contribution in [1.82, 2.24) is 9.88 Å². The minimum Gasteiger partial charge on any atom is -0.380 e. The van der Waals surface area contributed by atoms with Crippen molar-refractivity contribution in [2.45, 2.75) is 38.3 Å². The molecule has 114 valence electrons. The number of nitrogens with zero attached hydrogens (tertiary/aromatic N) is 1. The average Bonchev–Trinajstić information content (AvgIpc) is 2.80. The first-order valence-corrected chi connectivity index (χ1v) is 8.64. The summed E-state index contributed by atoms with van der Waals surface area (Å²) >= 11 is 0. The van der Waals surface area contributed by atoms with Crippen LogP contribution in [0.1, 0.15) is 31.3 Å². The highest BCUT2D eigenvalue weighted by Gasteiger charge is 2.20. The first-order valence-electron chi connectivity index (χ1n) is 6.33. The fourth-order valence-electron chi connectivity index (χ4n) is 1.70. The molecule has 0 aliphatic carbocycles. The van der Waals surface area contributed by atoms with E-state index in [0.717, 1.165) is 0 Å². The number of carbonyl (C=O) groups is 1. The lowest BCUT2D eigenvalue weighted by atomic mass is 10.3. The summed E-state index contributed by atoms with van der Waals surface area (Å²) in [5.41, 5.74) is 0.259. The lowest BCUT2D eigenvalue weighted by Crippen LogP contribution is -2.36. The molecule has 0 radical (unpaired) electrons. The van der Waals surface area contributed by atoms with Crippen molar-refractivity contribution in [3.8, 4) is 0 Å². The number of hydrogen-bond acceptors (Lipinski definition) is 4. The Balaban J connectivity index is 2.90. The Labute approximate surface area is 123 Å². The molecule has 0 aromatic carbocycles. The van der Waals surface area contributed by atoms with Gasteiger partial charge in [0.15, 0.2) is 0 Å². The van der Waals surface area contributed by atoms with Gasteiger partial charge in [-0.05, 0) is 26.8 Å². The van der Waals surface area contributed by atoms with Gasteiger partial charge >= 0.3 is 0 Å². The number of nitrogens with one attached hydrogen (secondary N) is 1. The van der Waals surface area contributed by atoms with Crippen molar-refractivity contribution in [3.63, 3.8) is 0 Å². The van der Waals surface area contributed by atoms with Crippen LogP contribution in [-0.2, 0) is 20.3 Å². The molecule has 0 saturated carbocycles. The van der Waals surface area contributed by atoms with E-state index in [1.807, 2.05) is 20.8 Å². The molecule has 20 heavy (non-hydrogen) atoms. The summed E-state index contributed by atoms with van der Waals surface area (Å²) in [5, 5.41) is 2.75. The number of ether oxygens (including phenoxy) is 1. The summed E-state index contributed by atoms with van der Waals surface area (Å²) in [4.78, 5) is 12.0. The number of hydrogen-bond donors (Lipinski definition) is 1. The number of halogens is 1. The van der Waals surface area contributed by atoms with Crippen molar-refractivity contribution in [3.05, 3.63) is 18.0 Å². The van der Waals surface area contributed by atoms with Crippen molar-refractivity contribution >= 4 is 25.6 Å². The van der Waals surface area contributed by atoms with E-state index in [0.29, 0.717) is 19.8 Å². The summed E-state index contributed by atoms with van der Waals surface area (Å²) in [5.74, 6) is -0.356. The normalized spacial score (nSPS) is 13.2. The van der Waals surface area contributed by atoms with Crippen molar-refractivity contribution in [1.29, 1.82) is 0 Å². The van der Waals surface area contributed by atoms with Gasteiger partial charge in [0.1, 0.15) is 10.6 Å². The topological polar surface area (TPSA) is 77.4 Å². The highest BCUT2D eigenvalue weighted by Crippen LogP contribution is 2.18. The lowest BCUT2D eigenvalue weighted by molar-refractivity contribution is 0.0863. The van der Waals surface area contributed by atoms with Gasteiger partial charge in [-0.15, -0.1) is 0 Å². The van der Waals surface area contributed by atoms with Crippen LogP contribution in [0.5, 0.6) is 0 Å². The third kappa shape index (κ3) is 4.50. The zero-order chi connectivity index (χ0) is 15.3. The van der Waals surface area contributed by atoms with Crippen LogP contribution in [0.15, 0.2) is 17.2 Å². The van der Waals surface area contributed by atoms with Gasteiger partial charge in [0.25, 0.3) is 15.0 Å². The molecule has 0 fully saturated rings. The Hall–Kier alpha value is -1.05. The molecule has 0 spiro atoms. The summed E-state index contributed by atoms with van der Waals surface area (Å²) < 4.78 is 29.4. The molecule has 1 atom stereocenters. The molecule has 1 unspecified atom stereocenters. The standard InChI is InChI=1S/C12H19ClN2O4S/c1-4-15-7-10(20(13,17)18)6-11(15)12(16)14-9(3)8-19-5-2/h6-7,9H,4-5,8H2,1-3H3,(H,14,16). The predicted molar refractivity (Wildman–Crippen MR) is 76.6 cm³/mol. The molecule has 0 aliphatic rings. The molecule has 1 rings (SSSR count). The van der Waals surface area contributed by atoms with Crippen LogP contribution >= 0.6 is 10.7 Å². The first-order chi connectivity index (χ1) is 9.29. The molecule has 0 saturated heterocycles. The Morgan fingerprint density at radius 2 is 2.15 bits per heavy atom. The van der Waals surface area contributed by atoms with Crippen LogP contribution in [0, 0.1) is 0 Å². The molecule has 8 heteroatoms. The summed E-state index contributed by atoms with van der Waals surface area (Å²) in [6.07, 6.45) is 1.35. The van der Waals surface area contributed by atoms with E-state index in [4.69, 9.17) is 15.4 Å². The van der Waals surface area contributed by atoms with Gasteiger partial charge in [-0.2, -0.15) is 0 Å². The van der Waals surface area contributed by atoms with Gasteiger partial charge in [-0.1, -0.05) is 0 Å². The molecular weight excluding hydrogens is 304 g/mol. The number of rotatable bonds is 7. The zero-order valence-electron chi connectivity index (χ0n) is 11.7. The Morgan fingerprint density at radius 3 is 2.65 bits per heavy atom. The maximum atomic E-state index is 12.1. The van der Waals surface area contributed by atoms with Crippen LogP contribution in [0.4, 0.5) is 0 Å². The minimum atomic E-state index is -3.84. The summed E-state index contributed by atoms with van der Waals surface area (Å²) in [7, 11) is 1.44. The maximum absolute atomic E-state index is 12.1. The van der Waals surface area contributed by atoms with E-state index in [2.05, 4.69) is 5.32 Å². The van der Waals surface area contributed by atoms with Gasteiger partial charge in [0, 0.05) is 36.1 Å². The van der Waals surface area contributed by atoms with E-state index in [1.54, 1.807) is 0 Å². The SMILES string of the molecule is CCOCC(C)NC(=O)c1cc(S(=O)(=O)Cl)cn1CC. The molecule has 0 aliphatic heterocycles. The third-order valence-electron chi connectivity index (χ3n) is 2.68. The Morgan fingerprint density at radius 1 is 1.50 bits per heavy atom. The maximum Gasteiger partial charge on any atom is 0.268 e. The van der Waals surface area contributed by atoms with E-state index in [1.165, 1.54) is 16.8 Å². The second kappa shape index (κ2) is 7.10. The first kappa shape index (κ1) is 17.0. The monoisotopic (exact) mass is 322 g/mol. The summed E-state index contributed by atoms with van der Waals surface area (Å²) in [6.45, 7) is 6.93. The van der Waals surface area contributed by atoms with Crippen LogP contribution in [0.3, 0.4) is 0 Å². The van der Waals surface area contributed by atoms with E-state index < -0.39 is 9.05 Å². The Bertz CT molecular complexity index is 568. The highest BCUT2D eigenvalue weighted by molar-refractivity contribution is 8.13. The largest absolute Gasteiger partial charge is 0.380 e. The fraction of sp³-hybridized carbons (Fsp3) is 0.583. The van der Waals surface area contributed by atoms with Crippen LogP contribution in [0.25, 0.3) is 0 Å². The lowest BCUT2D eigenvalue weighted by Gasteiger charge is -2.14. The van der Waals surface area contributed by atoms with Gasteiger partial charge in [0.05, 0.1) is 6.61 Å². The fourth-order valence-corrected chi connectivity index (χ4v) is 2.46. The number of aryl methyl sites for hydroxylation is 1. The number of amides is 1. The molecule has 0 bridgehead atoms. The molecule has 1 N–H and O–H groups in total. The molecule has 1 aromatic rings. The van der Waals surface area contributed by atoms with Crippen LogP contribution < -0.4 is 5.32 Å². The predicted octanol–water partition coefficient (Wildman–Crippen LogP) is 1.59. The van der Waals surface area contributed by atoms with Crippen LogP contribution in [-0.4, -0.2) is 38.1 Å². The molecule has 6 nitrogen and oxygen atoms in total. The van der Waals surface area contributed by atoms with Gasteiger partial charge < -0.3 is 14.6 Å². The Kier molecular flexibility index (Phi) is 6.04. The van der Waals surface area contributed by atoms with Crippen molar-refractivity contribution < 1.29 is 17.9 Å². The van der Waals surface area contributed by atoms with Crippen molar-refractivity contribution in [2.75, 3.05) is 13.2 Å². The van der Waals surface area contributed by atoms with Gasteiger partial charge in [0.2, 0.25) is 0 Å². The van der Waals surface area contributed by atoms with Gasteiger partial charge in [-0.3, -0.25) is 4.79 Å². The number of carbonyl (C=O) groups excluding carboxylic acids is 1. The molecule has 1 aromatic heterocycles. The highest BCUT2D eigenvalue weighted by atomic mass is 35.7. The second-order valence-corrected chi connectivity index (χ2v) is 6.88. The molecule has 1 heterocycles. The van der Waals surface area contributed by atoms with Crippen molar-refractivity contribution in [2.24, 2.45) is 0 Å². The van der Waals surface area contributed by atoms with E-state index in [9.17, 15) is 13.2 Å². The third-order valence-corrected chi connectivity index (χ3v) is 4.00. The zero-order valence-corrected chi connectivity index (χ0v) is 13.3. The van der Waals surface area contributed by atoms with E-state index >= 15 is 0 Å². The summed E-state index contributed by atoms with van der Waals surface area (Å²) in [6, 6.07) is 1.10. The quantitative estimate of drug-likeness (QED) is 0.773. The minimum absolute atomic E-state index is 0.0800. The second-order valence-electron chi connectivity index (χ2n) is 4.32.